The van der Waals surface area contributed by atoms with Crippen LogP contribution in [0.1, 0.15) is 18.7 Å². The topological polar surface area (TPSA) is 149 Å². The van der Waals surface area contributed by atoms with Crippen molar-refractivity contribution in [3.05, 3.63) is 69.0 Å². The molecule has 2 aromatic heterocycles. The summed E-state index contributed by atoms with van der Waals surface area (Å²) in [5.41, 5.74) is 1.82. The minimum Gasteiger partial charge on any atom is -0.407 e. The molecule has 0 saturated heterocycles. The van der Waals surface area contributed by atoms with Gasteiger partial charge in [0.2, 0.25) is 5.91 Å². The summed E-state index contributed by atoms with van der Waals surface area (Å²) >= 11 is 0. The van der Waals surface area contributed by atoms with E-state index >= 15 is 0 Å². The fraction of sp³-hybridized carbons (Fsp3) is 0.200. The number of fused-ring (bicyclic) bond motifs is 1. The zero-order chi connectivity index (χ0) is 22.0. The third-order valence-electron chi connectivity index (χ3n) is 4.65. The number of oxazole rings is 1. The number of benzene rings is 2. The minimum absolute atomic E-state index is 0.141. The number of aromatic nitrogens is 4. The van der Waals surface area contributed by atoms with Crippen LogP contribution in [0.5, 0.6) is 0 Å². The highest BCUT2D eigenvalue weighted by atomic mass is 16.6. The molecule has 0 atom stereocenters. The average molecular weight is 422 g/mol. The SMILES string of the molecule is Cc1nc(-c2cccc(NC(=O)CCCn3c(=O)oc4cc([N+](=O)[O-])ccc43)c2)n[nH]1. The van der Waals surface area contributed by atoms with Crippen molar-refractivity contribution in [2.24, 2.45) is 0 Å². The number of carbonyl (C=O) groups is 1. The molecule has 0 fully saturated rings. The maximum absolute atomic E-state index is 12.3. The molecule has 158 valence electrons. The van der Waals surface area contributed by atoms with Crippen molar-refractivity contribution in [3.63, 3.8) is 0 Å². The number of amides is 1. The van der Waals surface area contributed by atoms with Gasteiger partial charge in [0.25, 0.3) is 5.69 Å². The molecule has 4 rings (SSSR count). The highest BCUT2D eigenvalue weighted by molar-refractivity contribution is 5.91. The van der Waals surface area contributed by atoms with Crippen LogP contribution in [0.4, 0.5) is 11.4 Å². The van der Waals surface area contributed by atoms with Crippen molar-refractivity contribution in [1.29, 1.82) is 0 Å². The summed E-state index contributed by atoms with van der Waals surface area (Å²) in [6.07, 6.45) is 0.563. The standard InChI is InChI=1S/C20H18N6O5/c1-12-21-19(24-23-12)13-4-2-5-14(10-13)22-18(27)6-3-9-25-16-8-7-15(26(29)30)11-17(16)31-20(25)28/h2,4-5,7-8,10-11H,3,6,9H2,1H3,(H,22,27)(H,21,23,24). The summed E-state index contributed by atoms with van der Waals surface area (Å²) in [7, 11) is 0. The molecule has 11 heteroatoms. The largest absolute Gasteiger partial charge is 0.419 e. The summed E-state index contributed by atoms with van der Waals surface area (Å²) in [5, 5.41) is 20.6. The molecule has 4 aromatic rings. The Morgan fingerprint density at radius 3 is 2.87 bits per heavy atom. The Hall–Kier alpha value is -4.28. The fourth-order valence-corrected chi connectivity index (χ4v) is 3.21. The van der Waals surface area contributed by atoms with Crippen LogP contribution >= 0.6 is 0 Å². The maximum Gasteiger partial charge on any atom is 0.419 e. The highest BCUT2D eigenvalue weighted by Crippen LogP contribution is 2.21. The minimum atomic E-state index is -0.620. The number of H-pyrrole nitrogens is 1. The van der Waals surface area contributed by atoms with E-state index in [1.165, 1.54) is 22.8 Å². The van der Waals surface area contributed by atoms with E-state index < -0.39 is 10.7 Å². The van der Waals surface area contributed by atoms with Gasteiger partial charge in [0.1, 0.15) is 5.82 Å². The number of nitro groups is 1. The summed E-state index contributed by atoms with van der Waals surface area (Å²) in [5.74, 6) is 0.409. The van der Waals surface area contributed by atoms with Crippen LogP contribution in [-0.4, -0.2) is 30.6 Å². The maximum atomic E-state index is 12.3. The second-order valence-electron chi connectivity index (χ2n) is 6.91. The van der Waals surface area contributed by atoms with Gasteiger partial charge < -0.3 is 9.73 Å². The lowest BCUT2D eigenvalue weighted by atomic mass is 10.2. The fourth-order valence-electron chi connectivity index (χ4n) is 3.21. The quantitative estimate of drug-likeness (QED) is 0.343. The van der Waals surface area contributed by atoms with Crippen LogP contribution in [0.15, 0.2) is 51.7 Å². The number of carbonyl (C=O) groups excluding carboxylic acids is 1. The van der Waals surface area contributed by atoms with Crippen LogP contribution < -0.4 is 11.1 Å². The second kappa shape index (κ2) is 8.22. The summed E-state index contributed by atoms with van der Waals surface area (Å²) < 4.78 is 6.45. The molecule has 2 aromatic carbocycles. The third-order valence-corrected chi connectivity index (χ3v) is 4.65. The Bertz CT molecular complexity index is 1340. The zero-order valence-corrected chi connectivity index (χ0v) is 16.5. The molecule has 0 unspecified atom stereocenters. The van der Waals surface area contributed by atoms with E-state index in [-0.39, 0.29) is 30.1 Å². The molecule has 31 heavy (non-hydrogen) atoms. The smallest absolute Gasteiger partial charge is 0.407 e. The predicted octanol–water partition coefficient (Wildman–Crippen LogP) is 3.02. The van der Waals surface area contributed by atoms with Gasteiger partial charge in [-0.3, -0.25) is 24.6 Å². The molecule has 0 aliphatic rings. The molecule has 1 amide bonds. The third kappa shape index (κ3) is 4.34. The first kappa shape index (κ1) is 20.0. The molecule has 0 radical (unpaired) electrons. The first-order valence-corrected chi connectivity index (χ1v) is 9.48. The van der Waals surface area contributed by atoms with E-state index in [9.17, 15) is 19.7 Å². The van der Waals surface area contributed by atoms with Gasteiger partial charge in [0.15, 0.2) is 11.4 Å². The number of hydrogen-bond acceptors (Lipinski definition) is 7. The van der Waals surface area contributed by atoms with Gasteiger partial charge in [-0.25, -0.2) is 9.78 Å². The molecule has 2 heterocycles. The van der Waals surface area contributed by atoms with Gasteiger partial charge in [0, 0.05) is 30.3 Å². The number of aromatic amines is 1. The molecule has 0 saturated carbocycles. The molecule has 2 N–H and O–H groups in total. The molecule has 0 aliphatic heterocycles. The Balaban J connectivity index is 1.38. The van der Waals surface area contributed by atoms with Gasteiger partial charge in [-0.05, 0) is 31.5 Å². The van der Waals surface area contributed by atoms with Crippen LogP contribution in [0.2, 0.25) is 0 Å². The van der Waals surface area contributed by atoms with Gasteiger partial charge in [0.05, 0.1) is 16.5 Å². The Kier molecular flexibility index (Phi) is 5.31. The van der Waals surface area contributed by atoms with Gasteiger partial charge >= 0.3 is 5.76 Å². The van der Waals surface area contributed by atoms with Crippen LogP contribution in [0, 0.1) is 17.0 Å². The van der Waals surface area contributed by atoms with Crippen molar-refractivity contribution < 1.29 is 14.1 Å². The molecule has 11 nitrogen and oxygen atoms in total. The van der Waals surface area contributed by atoms with E-state index in [1.807, 2.05) is 6.07 Å². The van der Waals surface area contributed by atoms with E-state index in [1.54, 1.807) is 25.1 Å². The van der Waals surface area contributed by atoms with Gasteiger partial charge in [-0.1, -0.05) is 12.1 Å². The monoisotopic (exact) mass is 422 g/mol. The summed E-state index contributed by atoms with van der Waals surface area (Å²) in [6, 6.07) is 11.2. The van der Waals surface area contributed by atoms with Gasteiger partial charge in [-0.2, -0.15) is 5.10 Å². The highest BCUT2D eigenvalue weighted by Gasteiger charge is 2.14. The Morgan fingerprint density at radius 1 is 1.29 bits per heavy atom. The van der Waals surface area contributed by atoms with E-state index in [4.69, 9.17) is 4.42 Å². The van der Waals surface area contributed by atoms with Crippen molar-refractivity contribution in [2.45, 2.75) is 26.3 Å². The zero-order valence-electron chi connectivity index (χ0n) is 16.5. The number of hydrogen-bond donors (Lipinski definition) is 2. The number of nitrogens with one attached hydrogen (secondary N) is 2. The number of nitrogens with zero attached hydrogens (tertiary/aromatic N) is 4. The Labute approximate surface area is 174 Å². The lowest BCUT2D eigenvalue weighted by molar-refractivity contribution is -0.384. The molecule has 0 bridgehead atoms. The normalized spacial score (nSPS) is 11.0. The van der Waals surface area contributed by atoms with E-state index in [0.717, 1.165) is 5.56 Å². The van der Waals surface area contributed by atoms with Gasteiger partial charge in [-0.15, -0.1) is 0 Å². The Morgan fingerprint density at radius 2 is 2.13 bits per heavy atom. The number of aryl methyl sites for hydroxylation is 2. The van der Waals surface area contributed by atoms with Crippen molar-refractivity contribution in [1.82, 2.24) is 19.7 Å². The average Bonchev–Trinajstić information content (AvgIpc) is 3.30. The van der Waals surface area contributed by atoms with Crippen molar-refractivity contribution in [2.75, 3.05) is 5.32 Å². The number of nitro benzene ring substituents is 1. The summed E-state index contributed by atoms with van der Waals surface area (Å²) in [6.45, 7) is 2.05. The molecular weight excluding hydrogens is 404 g/mol. The lowest BCUT2D eigenvalue weighted by Crippen LogP contribution is -2.17. The van der Waals surface area contributed by atoms with Crippen molar-refractivity contribution in [3.8, 4) is 11.4 Å². The van der Waals surface area contributed by atoms with Crippen LogP contribution in [0.3, 0.4) is 0 Å². The molecule has 0 aliphatic carbocycles. The first-order valence-electron chi connectivity index (χ1n) is 9.48. The second-order valence-corrected chi connectivity index (χ2v) is 6.91. The van der Waals surface area contributed by atoms with Crippen LogP contribution in [0.25, 0.3) is 22.5 Å². The van der Waals surface area contributed by atoms with E-state index in [2.05, 4.69) is 20.5 Å². The molecule has 0 spiro atoms. The summed E-state index contributed by atoms with van der Waals surface area (Å²) in [4.78, 5) is 39.0. The predicted molar refractivity (Wildman–Crippen MR) is 112 cm³/mol. The van der Waals surface area contributed by atoms with E-state index in [0.29, 0.717) is 29.3 Å². The van der Waals surface area contributed by atoms with Crippen LogP contribution in [-0.2, 0) is 11.3 Å². The number of rotatable bonds is 7. The molecular formula is C20H18N6O5. The number of non-ortho nitro benzene ring substituents is 1. The van der Waals surface area contributed by atoms with Crippen molar-refractivity contribution >= 4 is 28.4 Å². The number of anilines is 1. The lowest BCUT2D eigenvalue weighted by Gasteiger charge is -2.07. The first-order chi connectivity index (χ1) is 14.9.